The Bertz CT molecular complexity index is 932. The Balaban J connectivity index is 1.10. The van der Waals surface area contributed by atoms with Crippen LogP contribution in [0, 0.1) is 52.3 Å². The van der Waals surface area contributed by atoms with Gasteiger partial charge in [-0.25, -0.2) is 5.01 Å². The van der Waals surface area contributed by atoms with Gasteiger partial charge < -0.3 is 10.2 Å². The minimum absolute atomic E-state index is 0.192. The van der Waals surface area contributed by atoms with Crippen molar-refractivity contribution in [2.75, 3.05) is 39.8 Å². The number of nitriles is 1. The molecule has 0 bridgehead atoms. The number of carbonyl (C=O) groups excluding carboxylic acids is 1. The summed E-state index contributed by atoms with van der Waals surface area (Å²) in [6, 6.07) is 5.23. The second-order valence-electron chi connectivity index (χ2n) is 15.2. The van der Waals surface area contributed by atoms with Gasteiger partial charge in [-0.2, -0.15) is 5.26 Å². The summed E-state index contributed by atoms with van der Waals surface area (Å²) in [7, 11) is 2.29. The molecule has 1 amide bonds. The van der Waals surface area contributed by atoms with Gasteiger partial charge in [0.2, 0.25) is 5.91 Å². The first-order valence-corrected chi connectivity index (χ1v) is 16.9. The van der Waals surface area contributed by atoms with Crippen LogP contribution in [-0.4, -0.2) is 84.7 Å². The summed E-state index contributed by atoms with van der Waals surface area (Å²) >= 11 is 0. The average Bonchev–Trinajstić information content (AvgIpc) is 3.33. The molecular weight excluding hydrogens is 496 g/mol. The van der Waals surface area contributed by atoms with Gasteiger partial charge >= 0.3 is 0 Å². The zero-order valence-corrected chi connectivity index (χ0v) is 25.8. The van der Waals surface area contributed by atoms with E-state index in [0.717, 1.165) is 68.4 Å². The summed E-state index contributed by atoms with van der Waals surface area (Å²) < 4.78 is 0. The zero-order valence-electron chi connectivity index (χ0n) is 25.8. The molecule has 8 atom stereocenters. The number of amides is 1. The Morgan fingerprint density at radius 3 is 2.30 bits per heavy atom. The van der Waals surface area contributed by atoms with E-state index < -0.39 is 0 Å². The zero-order chi connectivity index (χ0) is 28.0. The fraction of sp³-hybridized carbons (Fsp3) is 0.939. The standard InChI is InChI=1S/C33H56N6O/c1-22(40)38-14-16-39(17-15-38)27-7-5-6-24(18-27)25-10-13-29-28(19-25)31-30(20-35-29)37(4)36-32(31)23-8-11-26(12-9-23)33(2,3)21-34/h23-32,35-36H,5-20H2,1-4H3. The van der Waals surface area contributed by atoms with Crippen LogP contribution in [0.15, 0.2) is 0 Å². The molecule has 3 saturated carbocycles. The van der Waals surface area contributed by atoms with E-state index in [9.17, 15) is 10.1 Å². The molecule has 3 aliphatic heterocycles. The van der Waals surface area contributed by atoms with Gasteiger partial charge in [0.25, 0.3) is 0 Å². The van der Waals surface area contributed by atoms with Crippen LogP contribution in [0.5, 0.6) is 0 Å². The topological polar surface area (TPSA) is 74.6 Å². The van der Waals surface area contributed by atoms with Crippen molar-refractivity contribution in [2.45, 2.75) is 116 Å². The second kappa shape index (κ2) is 11.8. The Morgan fingerprint density at radius 1 is 0.900 bits per heavy atom. The van der Waals surface area contributed by atoms with Crippen molar-refractivity contribution < 1.29 is 4.79 Å². The molecule has 2 N–H and O–H groups in total. The van der Waals surface area contributed by atoms with E-state index in [2.05, 4.69) is 47.6 Å². The summed E-state index contributed by atoms with van der Waals surface area (Å²) in [5, 5.41) is 16.2. The number of piperazine rings is 1. The Labute approximate surface area is 243 Å². The number of likely N-dealkylation sites (N-methyl/N-ethyl adjacent to an activating group) is 1. The lowest BCUT2D eigenvalue weighted by atomic mass is 9.59. The normalized spacial score (nSPS) is 43.5. The number of piperidine rings is 1. The van der Waals surface area contributed by atoms with Crippen LogP contribution in [0.4, 0.5) is 0 Å². The minimum atomic E-state index is -0.192. The first kappa shape index (κ1) is 28.9. The maximum Gasteiger partial charge on any atom is 0.219 e. The van der Waals surface area contributed by atoms with Gasteiger partial charge in [0.15, 0.2) is 0 Å². The molecule has 0 aromatic carbocycles. The van der Waals surface area contributed by atoms with Crippen molar-refractivity contribution in [2.24, 2.45) is 40.9 Å². The number of hydrogen-bond acceptors (Lipinski definition) is 6. The molecule has 3 aliphatic carbocycles. The van der Waals surface area contributed by atoms with Gasteiger partial charge in [-0.05, 0) is 107 Å². The lowest BCUT2D eigenvalue weighted by molar-refractivity contribution is -0.131. The van der Waals surface area contributed by atoms with Crippen LogP contribution in [0.1, 0.15) is 91.4 Å². The highest BCUT2D eigenvalue weighted by atomic mass is 16.2. The summed E-state index contributed by atoms with van der Waals surface area (Å²) in [5.74, 6) is 4.82. The van der Waals surface area contributed by atoms with Gasteiger partial charge in [-0.1, -0.05) is 12.8 Å². The molecule has 0 radical (unpaired) electrons. The molecule has 6 fully saturated rings. The number of carbonyl (C=O) groups is 1. The first-order chi connectivity index (χ1) is 19.2. The molecule has 3 heterocycles. The van der Waals surface area contributed by atoms with E-state index in [1.807, 2.05) is 4.90 Å². The van der Waals surface area contributed by atoms with E-state index in [1.54, 1.807) is 6.92 Å². The average molecular weight is 553 g/mol. The van der Waals surface area contributed by atoms with Crippen molar-refractivity contribution in [1.82, 2.24) is 25.6 Å². The molecule has 0 aromatic rings. The molecule has 0 aromatic heterocycles. The molecule has 7 nitrogen and oxygen atoms in total. The second-order valence-corrected chi connectivity index (χ2v) is 15.2. The fourth-order valence-electron chi connectivity index (χ4n) is 10.4. The smallest absolute Gasteiger partial charge is 0.219 e. The third-order valence-electron chi connectivity index (χ3n) is 13.0. The molecule has 7 heteroatoms. The van der Waals surface area contributed by atoms with E-state index in [4.69, 9.17) is 0 Å². The third-order valence-corrected chi connectivity index (χ3v) is 13.0. The lowest BCUT2D eigenvalue weighted by Crippen LogP contribution is -2.59. The van der Waals surface area contributed by atoms with Crippen molar-refractivity contribution in [3.05, 3.63) is 0 Å². The van der Waals surface area contributed by atoms with Crippen molar-refractivity contribution >= 4 is 5.91 Å². The Morgan fingerprint density at radius 2 is 1.60 bits per heavy atom. The molecule has 8 unspecified atom stereocenters. The number of fused-ring (bicyclic) bond motifs is 3. The molecule has 40 heavy (non-hydrogen) atoms. The SMILES string of the molecule is CC(=O)N1CCN(C2CCCC(C3CCC4NCC5C(C4C3)C(C3CCC(C(C)(C)C#N)CC3)NN5C)C2)CC1. The number of hydrazine groups is 1. The molecular formula is C33H56N6O. The van der Waals surface area contributed by atoms with Gasteiger partial charge in [-0.3, -0.25) is 15.1 Å². The van der Waals surface area contributed by atoms with Crippen LogP contribution in [0.2, 0.25) is 0 Å². The van der Waals surface area contributed by atoms with Gasteiger partial charge in [0.05, 0.1) is 11.5 Å². The molecule has 6 aliphatic rings. The highest BCUT2D eigenvalue weighted by molar-refractivity contribution is 5.73. The summed E-state index contributed by atoms with van der Waals surface area (Å²) in [5.41, 5.74) is 3.82. The van der Waals surface area contributed by atoms with E-state index >= 15 is 0 Å². The lowest BCUT2D eigenvalue weighted by Gasteiger charge is -2.51. The predicted octanol–water partition coefficient (Wildman–Crippen LogP) is 4.26. The maximum absolute atomic E-state index is 11.8. The Hall–Kier alpha value is -1.20. The van der Waals surface area contributed by atoms with Gasteiger partial charge in [-0.15, -0.1) is 0 Å². The Kier molecular flexibility index (Phi) is 8.54. The van der Waals surface area contributed by atoms with Crippen molar-refractivity contribution in [3.8, 4) is 6.07 Å². The van der Waals surface area contributed by atoms with Crippen LogP contribution in [0.3, 0.4) is 0 Å². The van der Waals surface area contributed by atoms with E-state index in [-0.39, 0.29) is 11.3 Å². The molecule has 0 spiro atoms. The highest BCUT2D eigenvalue weighted by Crippen LogP contribution is 2.50. The molecule has 3 saturated heterocycles. The predicted molar refractivity (Wildman–Crippen MR) is 159 cm³/mol. The minimum Gasteiger partial charge on any atom is -0.340 e. The number of nitrogens with one attached hydrogen (secondary N) is 2. The molecule has 224 valence electrons. The fourth-order valence-corrected chi connectivity index (χ4v) is 10.4. The maximum atomic E-state index is 11.8. The van der Waals surface area contributed by atoms with Crippen molar-refractivity contribution in [3.63, 3.8) is 0 Å². The number of hydrogen-bond donors (Lipinski definition) is 2. The molecule has 6 rings (SSSR count). The third kappa shape index (κ3) is 5.60. The number of nitrogens with zero attached hydrogens (tertiary/aromatic N) is 4. The van der Waals surface area contributed by atoms with Gasteiger partial charge in [0.1, 0.15) is 0 Å². The number of rotatable bonds is 4. The highest BCUT2D eigenvalue weighted by Gasteiger charge is 2.54. The summed E-state index contributed by atoms with van der Waals surface area (Å²) in [6.07, 6.45) is 14.7. The van der Waals surface area contributed by atoms with Crippen LogP contribution in [0.25, 0.3) is 0 Å². The summed E-state index contributed by atoms with van der Waals surface area (Å²) in [4.78, 5) is 16.6. The van der Waals surface area contributed by atoms with Crippen LogP contribution >= 0.6 is 0 Å². The van der Waals surface area contributed by atoms with Gasteiger partial charge in [0, 0.05) is 70.9 Å². The summed E-state index contributed by atoms with van der Waals surface area (Å²) in [6.45, 7) is 11.1. The quantitative estimate of drug-likeness (QED) is 0.543. The van der Waals surface area contributed by atoms with Crippen LogP contribution < -0.4 is 10.7 Å². The van der Waals surface area contributed by atoms with Crippen LogP contribution in [-0.2, 0) is 4.79 Å². The first-order valence-electron chi connectivity index (χ1n) is 16.9. The van der Waals surface area contributed by atoms with E-state index in [1.165, 1.54) is 70.6 Å². The van der Waals surface area contributed by atoms with Crippen molar-refractivity contribution in [1.29, 1.82) is 5.26 Å². The van der Waals surface area contributed by atoms with E-state index in [0.29, 0.717) is 24.0 Å². The largest absolute Gasteiger partial charge is 0.340 e. The monoisotopic (exact) mass is 552 g/mol.